The van der Waals surface area contributed by atoms with E-state index in [1.807, 2.05) is 13.0 Å². The summed E-state index contributed by atoms with van der Waals surface area (Å²) in [6, 6.07) is 7.24. The SMILES string of the molecule is Cc1c(N)cccc1OCC(=O)NCCC#N. The minimum absolute atomic E-state index is 0.0737. The summed E-state index contributed by atoms with van der Waals surface area (Å²) in [6.07, 6.45) is 0.295. The number of anilines is 1. The van der Waals surface area contributed by atoms with Crippen LogP contribution in [0.15, 0.2) is 18.2 Å². The molecule has 3 N–H and O–H groups in total. The van der Waals surface area contributed by atoms with Gasteiger partial charge in [0.1, 0.15) is 5.75 Å². The predicted molar refractivity (Wildman–Crippen MR) is 64.3 cm³/mol. The van der Waals surface area contributed by atoms with E-state index in [4.69, 9.17) is 15.7 Å². The minimum Gasteiger partial charge on any atom is -0.483 e. The van der Waals surface area contributed by atoms with Crippen LogP contribution in [0.3, 0.4) is 0 Å². The molecular formula is C12H15N3O2. The van der Waals surface area contributed by atoms with Gasteiger partial charge in [-0.05, 0) is 19.1 Å². The molecule has 5 heteroatoms. The number of carbonyl (C=O) groups excluding carboxylic acids is 1. The summed E-state index contributed by atoms with van der Waals surface area (Å²) in [4.78, 5) is 11.3. The predicted octanol–water partition coefficient (Wildman–Crippen LogP) is 0.986. The second kappa shape index (κ2) is 6.38. The van der Waals surface area contributed by atoms with Gasteiger partial charge in [0.05, 0.1) is 12.5 Å². The van der Waals surface area contributed by atoms with E-state index in [0.717, 1.165) is 5.56 Å². The van der Waals surface area contributed by atoms with Crippen LogP contribution < -0.4 is 15.8 Å². The molecule has 0 spiro atoms. The third-order valence-corrected chi connectivity index (χ3v) is 2.24. The van der Waals surface area contributed by atoms with Crippen LogP contribution >= 0.6 is 0 Å². The topological polar surface area (TPSA) is 88.1 Å². The maximum atomic E-state index is 11.3. The molecular weight excluding hydrogens is 218 g/mol. The summed E-state index contributed by atoms with van der Waals surface area (Å²) < 4.78 is 5.34. The molecule has 0 saturated heterocycles. The molecule has 17 heavy (non-hydrogen) atoms. The maximum Gasteiger partial charge on any atom is 0.257 e. The number of nitrogens with zero attached hydrogens (tertiary/aromatic N) is 1. The highest BCUT2D eigenvalue weighted by Gasteiger charge is 2.05. The van der Waals surface area contributed by atoms with Gasteiger partial charge in [0.15, 0.2) is 6.61 Å². The van der Waals surface area contributed by atoms with E-state index in [2.05, 4.69) is 5.32 Å². The highest BCUT2D eigenvalue weighted by atomic mass is 16.5. The zero-order chi connectivity index (χ0) is 12.7. The number of nitriles is 1. The number of hydrogen-bond donors (Lipinski definition) is 2. The molecule has 0 heterocycles. The first-order chi connectivity index (χ1) is 8.15. The highest BCUT2D eigenvalue weighted by molar-refractivity contribution is 5.77. The van der Waals surface area contributed by atoms with Gasteiger partial charge in [-0.15, -0.1) is 0 Å². The van der Waals surface area contributed by atoms with Gasteiger partial charge in [0.25, 0.3) is 5.91 Å². The smallest absolute Gasteiger partial charge is 0.257 e. The first-order valence-electron chi connectivity index (χ1n) is 5.26. The molecule has 0 fully saturated rings. The Morgan fingerprint density at radius 3 is 3.06 bits per heavy atom. The number of nitrogen functional groups attached to an aromatic ring is 1. The molecule has 0 unspecified atom stereocenters. The molecule has 1 rings (SSSR count). The van der Waals surface area contributed by atoms with E-state index in [1.54, 1.807) is 18.2 Å². The maximum absolute atomic E-state index is 11.3. The zero-order valence-corrected chi connectivity index (χ0v) is 9.69. The van der Waals surface area contributed by atoms with Gasteiger partial charge in [-0.3, -0.25) is 4.79 Å². The molecule has 0 aliphatic rings. The van der Waals surface area contributed by atoms with Crippen LogP contribution in [0.1, 0.15) is 12.0 Å². The molecule has 0 radical (unpaired) electrons. The number of nitrogens with two attached hydrogens (primary N) is 1. The standard InChI is InChI=1S/C12H15N3O2/c1-9-10(14)4-2-5-11(9)17-8-12(16)15-7-3-6-13/h2,4-5H,3,7-8,14H2,1H3,(H,15,16). The van der Waals surface area contributed by atoms with Crippen molar-refractivity contribution in [3.8, 4) is 11.8 Å². The van der Waals surface area contributed by atoms with Crippen molar-refractivity contribution in [3.05, 3.63) is 23.8 Å². The van der Waals surface area contributed by atoms with E-state index in [1.165, 1.54) is 0 Å². The summed E-state index contributed by atoms with van der Waals surface area (Å²) in [6.45, 7) is 2.10. The molecule has 0 saturated carbocycles. The summed E-state index contributed by atoms with van der Waals surface area (Å²) in [5.41, 5.74) is 7.16. The zero-order valence-electron chi connectivity index (χ0n) is 9.69. The van der Waals surface area contributed by atoms with Crippen molar-refractivity contribution >= 4 is 11.6 Å². The molecule has 1 amide bonds. The molecule has 0 bridgehead atoms. The van der Waals surface area contributed by atoms with Crippen molar-refractivity contribution in [2.24, 2.45) is 0 Å². The Hall–Kier alpha value is -2.22. The number of amides is 1. The molecule has 0 aliphatic heterocycles. The number of rotatable bonds is 5. The van der Waals surface area contributed by atoms with E-state index in [-0.39, 0.29) is 12.5 Å². The lowest BCUT2D eigenvalue weighted by atomic mass is 10.2. The Morgan fingerprint density at radius 1 is 1.59 bits per heavy atom. The van der Waals surface area contributed by atoms with Gasteiger partial charge < -0.3 is 15.8 Å². The van der Waals surface area contributed by atoms with E-state index >= 15 is 0 Å². The molecule has 0 aliphatic carbocycles. The van der Waals surface area contributed by atoms with Crippen LogP contribution in [0.4, 0.5) is 5.69 Å². The fraction of sp³-hybridized carbons (Fsp3) is 0.333. The first kappa shape index (κ1) is 12.8. The van der Waals surface area contributed by atoms with Gasteiger partial charge >= 0.3 is 0 Å². The number of nitrogens with one attached hydrogen (secondary N) is 1. The van der Waals surface area contributed by atoms with Crippen LogP contribution in [0.5, 0.6) is 5.75 Å². The lowest BCUT2D eigenvalue weighted by molar-refractivity contribution is -0.123. The van der Waals surface area contributed by atoms with Crippen LogP contribution in [0.25, 0.3) is 0 Å². The molecule has 1 aromatic carbocycles. The summed E-state index contributed by atoms with van der Waals surface area (Å²) in [5, 5.41) is 10.9. The fourth-order valence-corrected chi connectivity index (χ4v) is 1.24. The average Bonchev–Trinajstić information content (AvgIpc) is 2.31. The van der Waals surface area contributed by atoms with Gasteiger partial charge in [-0.2, -0.15) is 5.26 Å². The van der Waals surface area contributed by atoms with Crippen molar-refractivity contribution in [3.63, 3.8) is 0 Å². The quantitative estimate of drug-likeness (QED) is 0.586. The van der Waals surface area contributed by atoms with E-state index in [0.29, 0.717) is 24.4 Å². The largest absolute Gasteiger partial charge is 0.483 e. The van der Waals surface area contributed by atoms with Crippen LogP contribution in [-0.4, -0.2) is 19.1 Å². The Balaban J connectivity index is 2.43. The second-order valence-corrected chi connectivity index (χ2v) is 3.52. The number of ether oxygens (including phenoxy) is 1. The summed E-state index contributed by atoms with van der Waals surface area (Å²) >= 11 is 0. The Bertz CT molecular complexity index is 438. The van der Waals surface area contributed by atoms with Crippen molar-refractivity contribution < 1.29 is 9.53 Å². The van der Waals surface area contributed by atoms with Crippen molar-refractivity contribution in [2.45, 2.75) is 13.3 Å². The third kappa shape index (κ3) is 4.03. The van der Waals surface area contributed by atoms with Crippen molar-refractivity contribution in [1.82, 2.24) is 5.32 Å². The Kier molecular flexibility index (Phi) is 4.82. The second-order valence-electron chi connectivity index (χ2n) is 3.52. The molecule has 0 atom stereocenters. The van der Waals surface area contributed by atoms with Crippen molar-refractivity contribution in [1.29, 1.82) is 5.26 Å². The monoisotopic (exact) mass is 233 g/mol. The normalized spacial score (nSPS) is 9.41. The van der Waals surface area contributed by atoms with Crippen molar-refractivity contribution in [2.75, 3.05) is 18.9 Å². The van der Waals surface area contributed by atoms with E-state index in [9.17, 15) is 4.79 Å². The molecule has 5 nitrogen and oxygen atoms in total. The van der Waals surface area contributed by atoms with Gasteiger partial charge in [0.2, 0.25) is 0 Å². The Labute approximate surface area is 100 Å². The van der Waals surface area contributed by atoms with Crippen LogP contribution in [-0.2, 0) is 4.79 Å². The van der Waals surface area contributed by atoms with Gasteiger partial charge in [-0.25, -0.2) is 0 Å². The Morgan fingerprint density at radius 2 is 2.35 bits per heavy atom. The van der Waals surface area contributed by atoms with Gasteiger partial charge in [-0.1, -0.05) is 6.07 Å². The third-order valence-electron chi connectivity index (χ3n) is 2.24. The lowest BCUT2D eigenvalue weighted by Gasteiger charge is -2.10. The first-order valence-corrected chi connectivity index (χ1v) is 5.26. The molecule has 0 aromatic heterocycles. The average molecular weight is 233 g/mol. The van der Waals surface area contributed by atoms with Crippen LogP contribution in [0, 0.1) is 18.3 Å². The lowest BCUT2D eigenvalue weighted by Crippen LogP contribution is -2.29. The fourth-order valence-electron chi connectivity index (χ4n) is 1.24. The molecule has 1 aromatic rings. The van der Waals surface area contributed by atoms with E-state index < -0.39 is 0 Å². The number of hydrogen-bond acceptors (Lipinski definition) is 4. The highest BCUT2D eigenvalue weighted by Crippen LogP contribution is 2.22. The minimum atomic E-state index is -0.248. The van der Waals surface area contributed by atoms with Gasteiger partial charge in [0, 0.05) is 17.8 Å². The summed E-state index contributed by atoms with van der Waals surface area (Å²) in [5.74, 6) is 0.350. The molecule has 90 valence electrons. The van der Waals surface area contributed by atoms with Crippen LogP contribution in [0.2, 0.25) is 0 Å². The summed E-state index contributed by atoms with van der Waals surface area (Å²) in [7, 11) is 0. The number of carbonyl (C=O) groups is 1. The number of benzene rings is 1.